The molecule has 0 aliphatic heterocycles. The van der Waals surface area contributed by atoms with Crippen molar-refractivity contribution in [1.29, 1.82) is 0 Å². The molecule has 0 saturated carbocycles. The van der Waals surface area contributed by atoms with Gasteiger partial charge >= 0.3 is 5.97 Å². The van der Waals surface area contributed by atoms with E-state index in [4.69, 9.17) is 16.7 Å². The molecule has 0 fully saturated rings. The molecule has 0 saturated heterocycles. The predicted octanol–water partition coefficient (Wildman–Crippen LogP) is 3.45. The lowest BCUT2D eigenvalue weighted by molar-refractivity contribution is -0.131. The van der Waals surface area contributed by atoms with Crippen LogP contribution in [0.15, 0.2) is 36.4 Å². The average Bonchev–Trinajstić information content (AvgIpc) is 2.26. The molecule has 0 aliphatic rings. The third-order valence-electron chi connectivity index (χ3n) is 2.34. The first-order chi connectivity index (χ1) is 8.40. The van der Waals surface area contributed by atoms with Gasteiger partial charge in [0.25, 0.3) is 0 Å². The molecule has 1 N–H and O–H groups in total. The van der Waals surface area contributed by atoms with Crippen molar-refractivity contribution in [2.24, 2.45) is 0 Å². The van der Waals surface area contributed by atoms with Crippen LogP contribution in [0, 0.1) is 0 Å². The Morgan fingerprint density at radius 3 is 2.72 bits per heavy atom. The van der Waals surface area contributed by atoms with Gasteiger partial charge in [0.05, 0.1) is 0 Å². The smallest absolute Gasteiger partial charge is 0.328 e. The quantitative estimate of drug-likeness (QED) is 0.655. The Labute approximate surface area is 112 Å². The van der Waals surface area contributed by atoms with Crippen molar-refractivity contribution in [3.05, 3.63) is 47.0 Å². The highest BCUT2D eigenvalue weighted by Gasteiger charge is 2.04. The highest BCUT2D eigenvalue weighted by atomic mass is 35.5. The van der Waals surface area contributed by atoms with Crippen LogP contribution in [0.25, 0.3) is 6.08 Å². The largest absolute Gasteiger partial charge is 0.478 e. The second-order valence-electron chi connectivity index (χ2n) is 4.19. The number of anilines is 1. The van der Waals surface area contributed by atoms with Crippen LogP contribution in [-0.2, 0) is 4.79 Å². The summed E-state index contributed by atoms with van der Waals surface area (Å²) in [5, 5.41) is 9.09. The first kappa shape index (κ1) is 14.3. The molecule has 18 heavy (non-hydrogen) atoms. The van der Waals surface area contributed by atoms with Gasteiger partial charge in [-0.25, -0.2) is 4.79 Å². The Morgan fingerprint density at radius 1 is 1.56 bits per heavy atom. The maximum absolute atomic E-state index is 10.4. The zero-order valence-electron chi connectivity index (χ0n) is 10.5. The number of hydrogen-bond acceptors (Lipinski definition) is 2. The molecule has 0 heterocycles. The molecule has 1 aromatic rings. The van der Waals surface area contributed by atoms with Crippen LogP contribution in [0.2, 0.25) is 5.02 Å². The van der Waals surface area contributed by atoms with Gasteiger partial charge in [-0.3, -0.25) is 0 Å². The van der Waals surface area contributed by atoms with Gasteiger partial charge in [0.15, 0.2) is 0 Å². The second-order valence-corrected chi connectivity index (χ2v) is 4.60. The lowest BCUT2D eigenvalue weighted by Crippen LogP contribution is -2.18. The molecule has 0 spiro atoms. The number of carbonyl (C=O) groups is 1. The SMILES string of the molecule is C=C(C)CN(C)c1ccc(/C=C/C(=O)O)c(Cl)c1. The standard InChI is InChI=1S/C14H16ClNO2/c1-10(2)9-16(3)12-6-4-11(13(15)8-12)5-7-14(17)18/h4-8H,1,9H2,2-3H3,(H,17,18)/b7-5+. The maximum Gasteiger partial charge on any atom is 0.328 e. The average molecular weight is 266 g/mol. The maximum atomic E-state index is 10.4. The van der Waals surface area contributed by atoms with Crippen molar-refractivity contribution >= 4 is 29.3 Å². The molecule has 0 aliphatic carbocycles. The number of halogens is 1. The lowest BCUT2D eigenvalue weighted by atomic mass is 10.1. The van der Waals surface area contributed by atoms with Crippen molar-refractivity contribution in [2.45, 2.75) is 6.92 Å². The van der Waals surface area contributed by atoms with Gasteiger partial charge in [-0.2, -0.15) is 0 Å². The molecular weight excluding hydrogens is 250 g/mol. The van der Waals surface area contributed by atoms with Gasteiger partial charge < -0.3 is 10.0 Å². The minimum absolute atomic E-state index is 0.526. The van der Waals surface area contributed by atoms with E-state index in [-0.39, 0.29) is 0 Å². The van der Waals surface area contributed by atoms with E-state index < -0.39 is 5.97 Å². The van der Waals surface area contributed by atoms with Gasteiger partial charge in [-0.15, -0.1) is 0 Å². The Bertz CT molecular complexity index is 495. The highest BCUT2D eigenvalue weighted by Crippen LogP contribution is 2.24. The fraction of sp³-hybridized carbons (Fsp3) is 0.214. The van der Waals surface area contributed by atoms with E-state index in [2.05, 4.69) is 6.58 Å². The molecule has 4 heteroatoms. The summed E-state index contributed by atoms with van der Waals surface area (Å²) in [4.78, 5) is 12.5. The number of carboxylic acid groups (broad SMARTS) is 1. The third-order valence-corrected chi connectivity index (χ3v) is 2.66. The highest BCUT2D eigenvalue weighted by molar-refractivity contribution is 6.32. The van der Waals surface area contributed by atoms with Crippen LogP contribution in [0.1, 0.15) is 12.5 Å². The normalized spacial score (nSPS) is 10.6. The van der Waals surface area contributed by atoms with Gasteiger partial charge in [0.2, 0.25) is 0 Å². The molecular formula is C14H16ClNO2. The van der Waals surface area contributed by atoms with E-state index in [0.717, 1.165) is 23.9 Å². The minimum atomic E-state index is -0.991. The Kier molecular flexibility index (Phi) is 4.98. The molecule has 0 amide bonds. The molecule has 3 nitrogen and oxygen atoms in total. The molecule has 0 aromatic heterocycles. The van der Waals surface area contributed by atoms with Crippen LogP contribution >= 0.6 is 11.6 Å². The van der Waals surface area contributed by atoms with Crippen LogP contribution in [0.3, 0.4) is 0 Å². The van der Waals surface area contributed by atoms with Crippen molar-refractivity contribution < 1.29 is 9.90 Å². The predicted molar refractivity (Wildman–Crippen MR) is 76.2 cm³/mol. The van der Waals surface area contributed by atoms with E-state index >= 15 is 0 Å². The van der Waals surface area contributed by atoms with Gasteiger partial charge in [0.1, 0.15) is 0 Å². The van der Waals surface area contributed by atoms with Crippen molar-refractivity contribution in [3.63, 3.8) is 0 Å². The summed E-state index contributed by atoms with van der Waals surface area (Å²) in [7, 11) is 1.95. The summed E-state index contributed by atoms with van der Waals surface area (Å²) in [6, 6.07) is 5.51. The molecule has 0 atom stereocenters. The van der Waals surface area contributed by atoms with E-state index in [0.29, 0.717) is 10.6 Å². The molecule has 0 unspecified atom stereocenters. The van der Waals surface area contributed by atoms with Crippen LogP contribution < -0.4 is 4.90 Å². The van der Waals surface area contributed by atoms with Crippen molar-refractivity contribution in [2.75, 3.05) is 18.5 Å². The van der Waals surface area contributed by atoms with Crippen molar-refractivity contribution in [1.82, 2.24) is 0 Å². The second kappa shape index (κ2) is 6.26. The first-order valence-corrected chi connectivity index (χ1v) is 5.84. The number of hydrogen-bond donors (Lipinski definition) is 1. The number of likely N-dealkylation sites (N-methyl/N-ethyl adjacent to an activating group) is 1. The van der Waals surface area contributed by atoms with E-state index in [1.54, 1.807) is 6.07 Å². The summed E-state index contributed by atoms with van der Waals surface area (Å²) < 4.78 is 0. The topological polar surface area (TPSA) is 40.5 Å². The number of carboxylic acids is 1. The van der Waals surface area contributed by atoms with Gasteiger partial charge in [-0.05, 0) is 30.7 Å². The summed E-state index contributed by atoms with van der Waals surface area (Å²) in [6.07, 6.45) is 2.55. The fourth-order valence-electron chi connectivity index (χ4n) is 1.55. The van der Waals surface area contributed by atoms with Crippen LogP contribution in [-0.4, -0.2) is 24.7 Å². The fourth-order valence-corrected chi connectivity index (χ4v) is 1.78. The molecule has 96 valence electrons. The third kappa shape index (κ3) is 4.26. The summed E-state index contributed by atoms with van der Waals surface area (Å²) >= 11 is 6.10. The lowest BCUT2D eigenvalue weighted by Gasteiger charge is -2.19. The number of benzene rings is 1. The molecule has 1 aromatic carbocycles. The molecule has 0 radical (unpaired) electrons. The Morgan fingerprint density at radius 2 is 2.22 bits per heavy atom. The summed E-state index contributed by atoms with van der Waals surface area (Å²) in [5.74, 6) is -0.991. The molecule has 1 rings (SSSR count). The van der Waals surface area contributed by atoms with E-state index in [1.807, 2.05) is 31.0 Å². The number of rotatable bonds is 5. The first-order valence-electron chi connectivity index (χ1n) is 5.46. The van der Waals surface area contributed by atoms with E-state index in [9.17, 15) is 4.79 Å². The summed E-state index contributed by atoms with van der Waals surface area (Å²) in [6.45, 7) is 6.57. The Balaban J connectivity index is 2.91. The van der Waals surface area contributed by atoms with Gasteiger partial charge in [0, 0.05) is 30.4 Å². The summed E-state index contributed by atoms with van der Waals surface area (Å²) in [5.41, 5.74) is 2.71. The van der Waals surface area contributed by atoms with Gasteiger partial charge in [-0.1, -0.05) is 29.8 Å². The van der Waals surface area contributed by atoms with Crippen LogP contribution in [0.4, 0.5) is 5.69 Å². The number of aliphatic carboxylic acids is 1. The number of nitrogens with zero attached hydrogens (tertiary/aromatic N) is 1. The van der Waals surface area contributed by atoms with Crippen LogP contribution in [0.5, 0.6) is 0 Å². The Hall–Kier alpha value is -1.74. The van der Waals surface area contributed by atoms with E-state index in [1.165, 1.54) is 6.08 Å². The zero-order chi connectivity index (χ0) is 13.7. The molecule has 0 bridgehead atoms. The monoisotopic (exact) mass is 265 g/mol. The zero-order valence-corrected chi connectivity index (χ0v) is 11.2. The minimum Gasteiger partial charge on any atom is -0.478 e. The van der Waals surface area contributed by atoms with Crippen molar-refractivity contribution in [3.8, 4) is 0 Å².